The van der Waals surface area contributed by atoms with Gasteiger partial charge in [0.05, 0.1) is 12.7 Å². The molecular weight excluding hydrogens is 122 g/mol. The van der Waals surface area contributed by atoms with E-state index in [-0.39, 0.29) is 18.9 Å². The Hall–Kier alpha value is -0.160. The van der Waals surface area contributed by atoms with E-state index in [0.717, 1.165) is 12.8 Å². The first-order valence-corrected chi connectivity index (χ1v) is 3.02. The number of hydroxylamine groups is 1. The van der Waals surface area contributed by atoms with E-state index >= 15 is 0 Å². The summed E-state index contributed by atoms with van der Waals surface area (Å²) >= 11 is 0. The Labute approximate surface area is 53.4 Å². The SMILES string of the molecule is OCC1CCC(NO)O1. The maximum atomic E-state index is 8.54. The van der Waals surface area contributed by atoms with Crippen LogP contribution in [0.2, 0.25) is 0 Å². The number of hydrogen-bond donors (Lipinski definition) is 3. The second-order valence-electron chi connectivity index (χ2n) is 2.14. The zero-order chi connectivity index (χ0) is 6.69. The highest BCUT2D eigenvalue weighted by molar-refractivity contribution is 4.68. The van der Waals surface area contributed by atoms with E-state index in [9.17, 15) is 0 Å². The maximum absolute atomic E-state index is 8.54. The van der Waals surface area contributed by atoms with Gasteiger partial charge < -0.3 is 15.1 Å². The highest BCUT2D eigenvalue weighted by Gasteiger charge is 2.23. The molecule has 0 spiro atoms. The lowest BCUT2D eigenvalue weighted by Gasteiger charge is -2.08. The van der Waals surface area contributed by atoms with E-state index in [4.69, 9.17) is 15.1 Å². The van der Waals surface area contributed by atoms with Gasteiger partial charge >= 0.3 is 0 Å². The van der Waals surface area contributed by atoms with Crippen LogP contribution in [0.15, 0.2) is 0 Å². The van der Waals surface area contributed by atoms with Crippen molar-refractivity contribution in [2.24, 2.45) is 0 Å². The first-order chi connectivity index (χ1) is 4.36. The molecule has 0 aliphatic carbocycles. The number of aliphatic hydroxyl groups is 1. The van der Waals surface area contributed by atoms with Crippen LogP contribution in [0.4, 0.5) is 0 Å². The average molecular weight is 133 g/mol. The van der Waals surface area contributed by atoms with Crippen molar-refractivity contribution in [2.45, 2.75) is 25.2 Å². The highest BCUT2D eigenvalue weighted by Crippen LogP contribution is 2.16. The third-order valence-corrected chi connectivity index (χ3v) is 1.46. The molecule has 0 amide bonds. The molecule has 54 valence electrons. The van der Waals surface area contributed by atoms with Crippen LogP contribution in [-0.2, 0) is 4.74 Å². The summed E-state index contributed by atoms with van der Waals surface area (Å²) in [6.07, 6.45) is 1.22. The molecule has 0 radical (unpaired) electrons. The van der Waals surface area contributed by atoms with Gasteiger partial charge in [-0.3, -0.25) is 0 Å². The Kier molecular flexibility index (Phi) is 2.41. The van der Waals surface area contributed by atoms with Crippen LogP contribution in [-0.4, -0.2) is 29.3 Å². The fraction of sp³-hybridized carbons (Fsp3) is 1.00. The van der Waals surface area contributed by atoms with Crippen LogP contribution < -0.4 is 5.48 Å². The zero-order valence-corrected chi connectivity index (χ0v) is 5.08. The van der Waals surface area contributed by atoms with E-state index in [1.807, 2.05) is 5.48 Å². The minimum atomic E-state index is -0.276. The molecule has 9 heavy (non-hydrogen) atoms. The number of rotatable bonds is 2. The van der Waals surface area contributed by atoms with E-state index < -0.39 is 0 Å². The van der Waals surface area contributed by atoms with Crippen molar-refractivity contribution in [1.29, 1.82) is 0 Å². The largest absolute Gasteiger partial charge is 0.394 e. The molecule has 1 fully saturated rings. The van der Waals surface area contributed by atoms with Crippen molar-refractivity contribution in [3.63, 3.8) is 0 Å². The van der Waals surface area contributed by atoms with Gasteiger partial charge in [0.25, 0.3) is 0 Å². The number of nitrogens with one attached hydrogen (secondary N) is 1. The minimum Gasteiger partial charge on any atom is -0.394 e. The molecule has 0 aromatic carbocycles. The predicted molar refractivity (Wildman–Crippen MR) is 29.9 cm³/mol. The second kappa shape index (κ2) is 3.12. The first kappa shape index (κ1) is 6.95. The number of aliphatic hydroxyl groups excluding tert-OH is 1. The van der Waals surface area contributed by atoms with Crippen molar-refractivity contribution in [3.05, 3.63) is 0 Å². The van der Waals surface area contributed by atoms with Gasteiger partial charge in [-0.2, -0.15) is 5.48 Å². The van der Waals surface area contributed by atoms with Gasteiger partial charge in [-0.1, -0.05) is 0 Å². The van der Waals surface area contributed by atoms with Crippen LogP contribution >= 0.6 is 0 Å². The fourth-order valence-electron chi connectivity index (χ4n) is 0.935. The third kappa shape index (κ3) is 1.62. The topological polar surface area (TPSA) is 61.7 Å². The average Bonchev–Trinajstić information content (AvgIpc) is 2.34. The summed E-state index contributed by atoms with van der Waals surface area (Å²) in [5.74, 6) is 0. The Morgan fingerprint density at radius 1 is 1.56 bits per heavy atom. The quantitative estimate of drug-likeness (QED) is 0.443. The van der Waals surface area contributed by atoms with Gasteiger partial charge in [0.1, 0.15) is 6.23 Å². The summed E-state index contributed by atoms with van der Waals surface area (Å²) in [5.41, 5.74) is 1.99. The van der Waals surface area contributed by atoms with Crippen LogP contribution in [0, 0.1) is 0 Å². The molecule has 4 heteroatoms. The van der Waals surface area contributed by atoms with Crippen molar-refractivity contribution in [1.82, 2.24) is 5.48 Å². The van der Waals surface area contributed by atoms with Crippen LogP contribution in [0.5, 0.6) is 0 Å². The molecule has 4 nitrogen and oxygen atoms in total. The van der Waals surface area contributed by atoms with Crippen molar-refractivity contribution < 1.29 is 15.1 Å². The minimum absolute atomic E-state index is 0.0399. The number of ether oxygens (including phenoxy) is 1. The molecule has 0 aromatic heterocycles. The van der Waals surface area contributed by atoms with Gasteiger partial charge in [0.2, 0.25) is 0 Å². The van der Waals surface area contributed by atoms with E-state index in [2.05, 4.69) is 0 Å². The standard InChI is InChI=1S/C5H11NO3/c7-3-4-1-2-5(6-8)9-4/h4-8H,1-3H2. The van der Waals surface area contributed by atoms with Gasteiger partial charge in [0, 0.05) is 0 Å². The molecular formula is C5H11NO3. The van der Waals surface area contributed by atoms with Crippen molar-refractivity contribution >= 4 is 0 Å². The normalized spacial score (nSPS) is 35.3. The summed E-state index contributed by atoms with van der Waals surface area (Å²) < 4.78 is 5.05. The molecule has 2 atom stereocenters. The third-order valence-electron chi connectivity index (χ3n) is 1.46. The molecule has 1 aliphatic heterocycles. The molecule has 0 bridgehead atoms. The Morgan fingerprint density at radius 3 is 2.67 bits per heavy atom. The Morgan fingerprint density at radius 2 is 2.33 bits per heavy atom. The van der Waals surface area contributed by atoms with Crippen LogP contribution in [0.3, 0.4) is 0 Å². The van der Waals surface area contributed by atoms with Crippen LogP contribution in [0.25, 0.3) is 0 Å². The summed E-state index contributed by atoms with van der Waals surface area (Å²) in [6.45, 7) is 0.0399. The van der Waals surface area contributed by atoms with Gasteiger partial charge in [-0.05, 0) is 12.8 Å². The highest BCUT2D eigenvalue weighted by atomic mass is 16.6. The molecule has 0 aromatic rings. The van der Waals surface area contributed by atoms with Gasteiger partial charge in [0.15, 0.2) is 0 Å². The molecule has 0 saturated carbocycles. The molecule has 3 N–H and O–H groups in total. The predicted octanol–water partition coefficient (Wildman–Crippen LogP) is -0.537. The summed E-state index contributed by atoms with van der Waals surface area (Å²) in [7, 11) is 0. The van der Waals surface area contributed by atoms with E-state index in [1.165, 1.54) is 0 Å². The second-order valence-corrected chi connectivity index (χ2v) is 2.14. The lowest BCUT2D eigenvalue weighted by molar-refractivity contribution is -0.0605. The monoisotopic (exact) mass is 133 g/mol. The zero-order valence-electron chi connectivity index (χ0n) is 5.08. The molecule has 2 unspecified atom stereocenters. The van der Waals surface area contributed by atoms with Gasteiger partial charge in [-0.15, -0.1) is 0 Å². The lowest BCUT2D eigenvalue weighted by atomic mass is 10.2. The Balaban J connectivity index is 2.20. The van der Waals surface area contributed by atoms with E-state index in [1.54, 1.807) is 0 Å². The molecule has 1 rings (SSSR count). The summed E-state index contributed by atoms with van der Waals surface area (Å²) in [6, 6.07) is 0. The van der Waals surface area contributed by atoms with Crippen molar-refractivity contribution in [3.8, 4) is 0 Å². The fourth-order valence-corrected chi connectivity index (χ4v) is 0.935. The smallest absolute Gasteiger partial charge is 0.130 e. The van der Waals surface area contributed by atoms with E-state index in [0.29, 0.717) is 0 Å². The van der Waals surface area contributed by atoms with Gasteiger partial charge in [-0.25, -0.2) is 0 Å². The summed E-state index contributed by atoms with van der Waals surface area (Å²) in [5, 5.41) is 16.9. The van der Waals surface area contributed by atoms with Crippen molar-refractivity contribution in [2.75, 3.05) is 6.61 Å². The number of hydrogen-bond acceptors (Lipinski definition) is 4. The first-order valence-electron chi connectivity index (χ1n) is 3.02. The molecule has 1 aliphatic rings. The summed E-state index contributed by atoms with van der Waals surface area (Å²) in [4.78, 5) is 0. The van der Waals surface area contributed by atoms with Crippen LogP contribution in [0.1, 0.15) is 12.8 Å². The maximum Gasteiger partial charge on any atom is 0.130 e. The molecule has 1 saturated heterocycles. The Bertz CT molecular complexity index is 78.3. The molecule has 1 heterocycles. The lowest BCUT2D eigenvalue weighted by Crippen LogP contribution is -2.26.